The van der Waals surface area contributed by atoms with Crippen LogP contribution >= 0.6 is 0 Å². The van der Waals surface area contributed by atoms with Crippen LogP contribution in [0.15, 0.2) is 71.9 Å². The molecule has 133 valence electrons. The first kappa shape index (κ1) is 16.9. The molecule has 5 nitrogen and oxygen atoms in total. The van der Waals surface area contributed by atoms with Crippen molar-refractivity contribution in [3.05, 3.63) is 90.0 Å². The molecule has 1 aliphatic heterocycles. The molecule has 1 aliphatic rings. The van der Waals surface area contributed by atoms with E-state index in [9.17, 15) is 9.18 Å². The van der Waals surface area contributed by atoms with Gasteiger partial charge in [-0.25, -0.2) is 9.98 Å². The van der Waals surface area contributed by atoms with E-state index in [1.807, 2.05) is 36.4 Å². The SMILES string of the molecule is CN1C(=O)C(c2c[c]ccc2)(c2cccc(-c3ccc(F)nc3)c2)N=C1N. The van der Waals surface area contributed by atoms with Crippen molar-refractivity contribution >= 4 is 11.9 Å². The van der Waals surface area contributed by atoms with E-state index in [1.54, 1.807) is 25.2 Å². The summed E-state index contributed by atoms with van der Waals surface area (Å²) in [6.07, 6.45) is 1.46. The fourth-order valence-corrected chi connectivity index (χ4v) is 3.27. The fraction of sp³-hybridized carbons (Fsp3) is 0.0952. The minimum atomic E-state index is -1.28. The van der Waals surface area contributed by atoms with Gasteiger partial charge in [0.15, 0.2) is 11.5 Å². The number of nitrogens with two attached hydrogens (primary N) is 1. The molecule has 1 aromatic heterocycles. The normalized spacial score (nSPS) is 19.3. The number of halogens is 1. The van der Waals surface area contributed by atoms with Crippen molar-refractivity contribution in [3.8, 4) is 11.1 Å². The third kappa shape index (κ3) is 2.66. The largest absolute Gasteiger partial charge is 0.369 e. The van der Waals surface area contributed by atoms with Crippen LogP contribution in [0, 0.1) is 12.0 Å². The topological polar surface area (TPSA) is 71.6 Å². The number of aromatic nitrogens is 1. The van der Waals surface area contributed by atoms with Gasteiger partial charge >= 0.3 is 0 Å². The Morgan fingerprint density at radius 1 is 1.11 bits per heavy atom. The zero-order chi connectivity index (χ0) is 19.0. The van der Waals surface area contributed by atoms with E-state index in [4.69, 9.17) is 5.73 Å². The lowest BCUT2D eigenvalue weighted by Crippen LogP contribution is -2.41. The van der Waals surface area contributed by atoms with Crippen LogP contribution < -0.4 is 5.73 Å². The van der Waals surface area contributed by atoms with E-state index in [2.05, 4.69) is 16.0 Å². The lowest BCUT2D eigenvalue weighted by molar-refractivity contribution is -0.129. The molecule has 3 aromatic rings. The first-order valence-corrected chi connectivity index (χ1v) is 8.35. The Labute approximate surface area is 156 Å². The minimum absolute atomic E-state index is 0.151. The molecule has 0 spiro atoms. The van der Waals surface area contributed by atoms with Gasteiger partial charge in [0, 0.05) is 18.8 Å². The number of pyridine rings is 1. The van der Waals surface area contributed by atoms with Gasteiger partial charge in [0.1, 0.15) is 0 Å². The molecule has 1 amide bonds. The molecule has 0 saturated carbocycles. The highest BCUT2D eigenvalue weighted by atomic mass is 19.1. The number of carbonyl (C=O) groups is 1. The number of hydrogen-bond acceptors (Lipinski definition) is 4. The molecule has 0 fully saturated rings. The molecule has 1 atom stereocenters. The van der Waals surface area contributed by atoms with Gasteiger partial charge in [0.25, 0.3) is 5.91 Å². The highest BCUT2D eigenvalue weighted by Crippen LogP contribution is 2.40. The molecular weight excluding hydrogens is 343 g/mol. The molecule has 4 rings (SSSR count). The summed E-state index contributed by atoms with van der Waals surface area (Å²) in [5.41, 5.74) is 7.59. The summed E-state index contributed by atoms with van der Waals surface area (Å²) in [7, 11) is 1.60. The molecule has 0 aliphatic carbocycles. The lowest BCUT2D eigenvalue weighted by atomic mass is 9.82. The van der Waals surface area contributed by atoms with E-state index in [0.717, 1.165) is 11.1 Å². The van der Waals surface area contributed by atoms with E-state index in [0.29, 0.717) is 11.1 Å². The first-order chi connectivity index (χ1) is 13.0. The number of rotatable bonds is 3. The zero-order valence-corrected chi connectivity index (χ0v) is 14.6. The quantitative estimate of drug-likeness (QED) is 0.731. The number of amides is 1. The summed E-state index contributed by atoms with van der Waals surface area (Å²) in [6, 6.07) is 20.5. The first-order valence-electron chi connectivity index (χ1n) is 8.35. The van der Waals surface area contributed by atoms with Gasteiger partial charge in [-0.3, -0.25) is 9.69 Å². The Hall–Kier alpha value is -3.54. The van der Waals surface area contributed by atoms with Crippen LogP contribution in [0.5, 0.6) is 0 Å². The monoisotopic (exact) mass is 359 g/mol. The summed E-state index contributed by atoms with van der Waals surface area (Å²) in [6.45, 7) is 0. The smallest absolute Gasteiger partial charge is 0.266 e. The van der Waals surface area contributed by atoms with Crippen molar-refractivity contribution in [3.63, 3.8) is 0 Å². The van der Waals surface area contributed by atoms with E-state index in [-0.39, 0.29) is 11.9 Å². The van der Waals surface area contributed by atoms with Crippen LogP contribution in [0.1, 0.15) is 11.1 Å². The maximum atomic E-state index is 13.2. The van der Waals surface area contributed by atoms with Crippen LogP contribution in [-0.4, -0.2) is 28.8 Å². The van der Waals surface area contributed by atoms with Crippen molar-refractivity contribution < 1.29 is 9.18 Å². The molecule has 1 radical (unpaired) electrons. The lowest BCUT2D eigenvalue weighted by Gasteiger charge is -2.26. The maximum absolute atomic E-state index is 13.2. The molecule has 0 saturated heterocycles. The predicted molar refractivity (Wildman–Crippen MR) is 100 cm³/mol. The van der Waals surface area contributed by atoms with E-state index < -0.39 is 11.5 Å². The Morgan fingerprint density at radius 3 is 2.56 bits per heavy atom. The molecule has 27 heavy (non-hydrogen) atoms. The summed E-state index contributed by atoms with van der Waals surface area (Å²) in [5.74, 6) is -0.636. The Kier molecular flexibility index (Phi) is 3.96. The second-order valence-electron chi connectivity index (χ2n) is 6.29. The molecule has 2 aromatic carbocycles. The Morgan fingerprint density at radius 2 is 1.93 bits per heavy atom. The zero-order valence-electron chi connectivity index (χ0n) is 14.6. The molecule has 2 N–H and O–H groups in total. The van der Waals surface area contributed by atoms with Gasteiger partial charge in [0.2, 0.25) is 5.95 Å². The number of nitrogens with zero attached hydrogens (tertiary/aromatic N) is 3. The second-order valence-corrected chi connectivity index (χ2v) is 6.29. The predicted octanol–water partition coefficient (Wildman–Crippen LogP) is 2.72. The fourth-order valence-electron chi connectivity index (χ4n) is 3.27. The van der Waals surface area contributed by atoms with Gasteiger partial charge in [-0.1, -0.05) is 36.4 Å². The number of hydrogen-bond donors (Lipinski definition) is 1. The summed E-state index contributed by atoms with van der Waals surface area (Å²) in [4.78, 5) is 22.8. The summed E-state index contributed by atoms with van der Waals surface area (Å²) >= 11 is 0. The van der Waals surface area contributed by atoms with Crippen LogP contribution in [0.4, 0.5) is 4.39 Å². The number of carbonyl (C=O) groups excluding carboxylic acids is 1. The highest BCUT2D eigenvalue weighted by molar-refractivity contribution is 6.09. The average Bonchev–Trinajstić information content (AvgIpc) is 2.94. The van der Waals surface area contributed by atoms with Crippen molar-refractivity contribution in [2.24, 2.45) is 10.7 Å². The van der Waals surface area contributed by atoms with Crippen LogP contribution in [0.3, 0.4) is 0 Å². The number of guanidine groups is 1. The molecule has 1 unspecified atom stereocenters. The van der Waals surface area contributed by atoms with Crippen molar-refractivity contribution in [2.45, 2.75) is 5.54 Å². The molecule has 2 heterocycles. The number of likely N-dealkylation sites (N-methyl/N-ethyl adjacent to an activating group) is 1. The van der Waals surface area contributed by atoms with Gasteiger partial charge < -0.3 is 5.73 Å². The van der Waals surface area contributed by atoms with E-state index >= 15 is 0 Å². The standard InChI is InChI=1S/C21H16FN4O/c1-26-19(27)21(25-20(26)23,16-7-3-2-4-8-16)17-9-5-6-14(12-17)15-10-11-18(22)24-13-15/h2-3,5-13H,1H3,(H2,23,25). The maximum Gasteiger partial charge on any atom is 0.266 e. The average molecular weight is 359 g/mol. The summed E-state index contributed by atoms with van der Waals surface area (Å²) < 4.78 is 13.2. The number of aliphatic imine (C=N–C) groups is 1. The number of benzene rings is 2. The van der Waals surface area contributed by atoms with Crippen molar-refractivity contribution in [1.82, 2.24) is 9.88 Å². The molecular formula is C21H16FN4O. The van der Waals surface area contributed by atoms with Crippen LogP contribution in [0.2, 0.25) is 0 Å². The Balaban J connectivity index is 1.92. The molecule has 0 bridgehead atoms. The molecule has 6 heteroatoms. The minimum Gasteiger partial charge on any atom is -0.369 e. The highest BCUT2D eigenvalue weighted by Gasteiger charge is 2.49. The second kappa shape index (κ2) is 6.32. The van der Waals surface area contributed by atoms with Gasteiger partial charge in [-0.2, -0.15) is 4.39 Å². The third-order valence-electron chi connectivity index (χ3n) is 4.71. The van der Waals surface area contributed by atoms with Crippen molar-refractivity contribution in [2.75, 3.05) is 7.05 Å². The van der Waals surface area contributed by atoms with E-state index in [1.165, 1.54) is 17.2 Å². The van der Waals surface area contributed by atoms with Gasteiger partial charge in [0.05, 0.1) is 0 Å². The summed E-state index contributed by atoms with van der Waals surface area (Å²) in [5, 5.41) is 0. The van der Waals surface area contributed by atoms with Crippen molar-refractivity contribution in [1.29, 1.82) is 0 Å². The van der Waals surface area contributed by atoms with Crippen LogP contribution in [0.25, 0.3) is 11.1 Å². The van der Waals surface area contributed by atoms with Gasteiger partial charge in [-0.05, 0) is 47.0 Å². The van der Waals surface area contributed by atoms with Gasteiger partial charge in [-0.15, -0.1) is 0 Å². The third-order valence-corrected chi connectivity index (χ3v) is 4.71. The van der Waals surface area contributed by atoms with Crippen LogP contribution in [-0.2, 0) is 10.3 Å². The Bertz CT molecular complexity index is 1030.